The fraction of sp³-hybridized carbons (Fsp3) is 0.688. The normalized spacial score (nSPS) is 37.4. The van der Waals surface area contributed by atoms with Gasteiger partial charge in [-0.2, -0.15) is 0 Å². The third-order valence-corrected chi connectivity index (χ3v) is 11.2. The van der Waals surface area contributed by atoms with Gasteiger partial charge in [0.25, 0.3) is 0 Å². The Morgan fingerprint density at radius 1 is 0.595 bits per heavy atom. The number of rotatable bonds is 8. The van der Waals surface area contributed by atoms with Gasteiger partial charge >= 0.3 is 0 Å². The number of fused-ring (bicyclic) bond motifs is 10. The van der Waals surface area contributed by atoms with Gasteiger partial charge < -0.3 is 9.80 Å². The molecule has 7 rings (SSSR count). The lowest BCUT2D eigenvalue weighted by Crippen LogP contribution is -2.59. The fourth-order valence-corrected chi connectivity index (χ4v) is 9.31. The third-order valence-electron chi connectivity index (χ3n) is 11.2. The second kappa shape index (κ2) is 10.2. The molecule has 0 aromatic rings. The van der Waals surface area contributed by atoms with Crippen molar-refractivity contribution in [2.45, 2.75) is 64.5 Å². The Labute approximate surface area is 246 Å². The third kappa shape index (κ3) is 3.82. The van der Waals surface area contributed by atoms with E-state index in [1.807, 2.05) is 13.8 Å². The predicted octanol–water partition coefficient (Wildman–Crippen LogP) is 1.61. The number of imide groups is 2. The zero-order valence-electron chi connectivity index (χ0n) is 24.4. The molecule has 4 bridgehead atoms. The van der Waals surface area contributed by atoms with Crippen molar-refractivity contribution in [3.63, 3.8) is 0 Å². The SMILES string of the molecule is CCCC(C(=O)N1CCN(C(=O)C(CCC)N2C(=O)C3C4C=CC(C4)C3C2=O)CC1)N1C(=O)C2C3C=CC(C3)C2C1=O. The van der Waals surface area contributed by atoms with Crippen molar-refractivity contribution in [3.8, 4) is 0 Å². The van der Waals surface area contributed by atoms with Gasteiger partial charge in [0, 0.05) is 26.2 Å². The van der Waals surface area contributed by atoms with Gasteiger partial charge in [0.2, 0.25) is 35.4 Å². The van der Waals surface area contributed by atoms with Crippen LogP contribution >= 0.6 is 0 Å². The quantitative estimate of drug-likeness (QED) is 0.320. The summed E-state index contributed by atoms with van der Waals surface area (Å²) < 4.78 is 0. The minimum Gasteiger partial charge on any atom is -0.337 e. The van der Waals surface area contributed by atoms with Gasteiger partial charge in [-0.1, -0.05) is 51.0 Å². The molecule has 3 heterocycles. The van der Waals surface area contributed by atoms with Gasteiger partial charge in [-0.15, -0.1) is 0 Å². The van der Waals surface area contributed by atoms with Gasteiger partial charge in [-0.3, -0.25) is 38.6 Å². The Morgan fingerprint density at radius 3 is 1.14 bits per heavy atom. The summed E-state index contributed by atoms with van der Waals surface area (Å²) in [6, 6.07) is -1.64. The molecule has 42 heavy (non-hydrogen) atoms. The highest BCUT2D eigenvalue weighted by Crippen LogP contribution is 2.54. The number of nitrogens with zero attached hydrogens (tertiary/aromatic N) is 4. The van der Waals surface area contributed by atoms with Crippen LogP contribution in [0, 0.1) is 47.3 Å². The molecule has 2 saturated carbocycles. The van der Waals surface area contributed by atoms with Gasteiger partial charge in [0.05, 0.1) is 23.7 Å². The molecule has 0 radical (unpaired) electrons. The van der Waals surface area contributed by atoms with Gasteiger partial charge in [-0.05, 0) is 49.4 Å². The molecule has 0 aromatic heterocycles. The first-order valence-electron chi connectivity index (χ1n) is 15.9. The number of likely N-dealkylation sites (tertiary alicyclic amines) is 2. The first-order valence-corrected chi connectivity index (χ1v) is 15.9. The highest BCUT2D eigenvalue weighted by atomic mass is 16.2. The van der Waals surface area contributed by atoms with Gasteiger partial charge in [0.15, 0.2) is 0 Å². The van der Waals surface area contributed by atoms with Crippen LogP contribution in [0.1, 0.15) is 52.4 Å². The van der Waals surface area contributed by atoms with Crippen LogP contribution in [0.2, 0.25) is 0 Å². The first kappa shape index (κ1) is 27.5. The Bertz CT molecular complexity index is 1140. The van der Waals surface area contributed by atoms with E-state index in [0.717, 1.165) is 12.8 Å². The van der Waals surface area contributed by atoms with Crippen molar-refractivity contribution in [2.75, 3.05) is 26.2 Å². The van der Waals surface area contributed by atoms with Crippen LogP contribution in [0.5, 0.6) is 0 Å². The van der Waals surface area contributed by atoms with E-state index in [2.05, 4.69) is 24.3 Å². The van der Waals surface area contributed by atoms with Crippen LogP contribution in [0.25, 0.3) is 0 Å². The van der Waals surface area contributed by atoms with Crippen molar-refractivity contribution >= 4 is 35.4 Å². The zero-order valence-corrected chi connectivity index (χ0v) is 24.4. The van der Waals surface area contributed by atoms with Gasteiger partial charge in [0.1, 0.15) is 12.1 Å². The van der Waals surface area contributed by atoms with Crippen LogP contribution in [0.15, 0.2) is 24.3 Å². The maximum atomic E-state index is 13.8. The van der Waals surface area contributed by atoms with Crippen LogP contribution < -0.4 is 0 Å². The number of piperazine rings is 1. The fourth-order valence-electron chi connectivity index (χ4n) is 9.31. The molecule has 224 valence electrons. The molecule has 10 unspecified atom stereocenters. The molecule has 10 nitrogen and oxygen atoms in total. The molecule has 0 aromatic carbocycles. The summed E-state index contributed by atoms with van der Waals surface area (Å²) in [6.45, 7) is 5.00. The minimum absolute atomic E-state index is 0.0878. The minimum atomic E-state index is -0.821. The molecule has 0 N–H and O–H groups in total. The van der Waals surface area contributed by atoms with Crippen LogP contribution in [0.4, 0.5) is 0 Å². The summed E-state index contributed by atoms with van der Waals surface area (Å²) >= 11 is 0. The van der Waals surface area contributed by atoms with Crippen LogP contribution in [-0.2, 0) is 28.8 Å². The molecule has 10 atom stereocenters. The molecule has 7 aliphatic rings. The van der Waals surface area contributed by atoms with E-state index >= 15 is 0 Å². The second-order valence-corrected chi connectivity index (χ2v) is 13.4. The topological polar surface area (TPSA) is 115 Å². The van der Waals surface area contributed by atoms with Crippen LogP contribution in [0.3, 0.4) is 0 Å². The number of hydrogen-bond acceptors (Lipinski definition) is 6. The summed E-state index contributed by atoms with van der Waals surface area (Å²) in [6.07, 6.45) is 12.0. The Morgan fingerprint density at radius 2 is 0.881 bits per heavy atom. The maximum Gasteiger partial charge on any atom is 0.245 e. The molecule has 6 amide bonds. The molecule has 4 aliphatic carbocycles. The van der Waals surface area contributed by atoms with Crippen LogP contribution in [-0.4, -0.2) is 93.3 Å². The number of hydrogen-bond donors (Lipinski definition) is 0. The lowest BCUT2D eigenvalue weighted by Gasteiger charge is -2.40. The standard InChI is InChI=1S/C32H40N4O6/c1-3-5-21(35-29(39)23-17-7-8-18(15-17)24(23)30(35)40)27(37)33-11-13-34(14-12-33)28(38)22(6-4-2)36-31(41)25-19-9-10-20(16-19)26(25)32(36)42/h7-10,17-26H,3-6,11-16H2,1-2H3. The number of allylic oxidation sites excluding steroid dienone is 4. The van der Waals surface area contributed by atoms with E-state index < -0.39 is 12.1 Å². The van der Waals surface area contributed by atoms with Crippen molar-refractivity contribution in [1.82, 2.24) is 19.6 Å². The molecular weight excluding hydrogens is 536 g/mol. The summed E-state index contributed by atoms with van der Waals surface area (Å²) in [4.78, 5) is 87.3. The number of amides is 6. The van der Waals surface area contributed by atoms with Crippen molar-refractivity contribution in [3.05, 3.63) is 24.3 Å². The molecule has 5 fully saturated rings. The number of carbonyl (C=O) groups excluding carboxylic acids is 6. The highest BCUT2D eigenvalue weighted by molar-refractivity contribution is 6.10. The molecule has 0 spiro atoms. The summed E-state index contributed by atoms with van der Waals surface area (Å²) in [7, 11) is 0. The summed E-state index contributed by atoms with van der Waals surface area (Å²) in [5, 5.41) is 0. The Hall–Kier alpha value is -3.30. The van der Waals surface area contributed by atoms with Crippen molar-refractivity contribution in [1.29, 1.82) is 0 Å². The lowest BCUT2D eigenvalue weighted by atomic mass is 9.85. The second-order valence-electron chi connectivity index (χ2n) is 13.4. The smallest absolute Gasteiger partial charge is 0.245 e. The first-order chi connectivity index (χ1) is 20.3. The maximum absolute atomic E-state index is 13.8. The van der Waals surface area contributed by atoms with E-state index in [1.165, 1.54) is 9.80 Å². The Kier molecular flexibility index (Phi) is 6.66. The van der Waals surface area contributed by atoms with E-state index in [4.69, 9.17) is 0 Å². The zero-order chi connectivity index (χ0) is 29.4. The van der Waals surface area contributed by atoms with Gasteiger partial charge in [-0.25, -0.2) is 0 Å². The van der Waals surface area contributed by atoms with E-state index in [9.17, 15) is 28.8 Å². The molecular formula is C32H40N4O6. The highest BCUT2D eigenvalue weighted by Gasteiger charge is 2.62. The van der Waals surface area contributed by atoms with Crippen molar-refractivity contribution in [2.24, 2.45) is 47.3 Å². The monoisotopic (exact) mass is 576 g/mol. The molecule has 10 heteroatoms. The average Bonchev–Trinajstić information content (AvgIpc) is 3.84. The largest absolute Gasteiger partial charge is 0.337 e. The molecule has 3 aliphatic heterocycles. The Balaban J connectivity index is 1.02. The van der Waals surface area contributed by atoms with Crippen molar-refractivity contribution < 1.29 is 28.8 Å². The summed E-state index contributed by atoms with van der Waals surface area (Å²) in [5.41, 5.74) is 0. The molecule has 3 saturated heterocycles. The average molecular weight is 577 g/mol. The van der Waals surface area contributed by atoms with E-state index in [1.54, 1.807) is 9.80 Å². The summed E-state index contributed by atoms with van der Waals surface area (Å²) in [5.74, 6) is -2.33. The predicted molar refractivity (Wildman–Crippen MR) is 150 cm³/mol. The lowest BCUT2D eigenvalue weighted by molar-refractivity contribution is -0.156. The van der Waals surface area contributed by atoms with E-state index in [0.29, 0.717) is 25.7 Å². The number of carbonyl (C=O) groups is 6. The van der Waals surface area contributed by atoms with E-state index in [-0.39, 0.29) is 109 Å².